The van der Waals surface area contributed by atoms with Gasteiger partial charge in [-0.05, 0) is 72.9 Å². The van der Waals surface area contributed by atoms with E-state index in [0.717, 1.165) is 22.3 Å². The van der Waals surface area contributed by atoms with Gasteiger partial charge in [0.2, 0.25) is 10.0 Å². The largest absolute Gasteiger partial charge is 0.493 e. The van der Waals surface area contributed by atoms with Gasteiger partial charge in [-0.15, -0.1) is 0 Å². The predicted molar refractivity (Wildman–Crippen MR) is 139 cm³/mol. The van der Waals surface area contributed by atoms with Crippen LogP contribution in [0, 0.1) is 13.8 Å². The smallest absolute Gasteiger partial charge is 0.251 e. The Balaban J connectivity index is 1.64. The molecule has 0 heterocycles. The molecule has 1 N–H and O–H groups in total. The van der Waals surface area contributed by atoms with Crippen molar-refractivity contribution in [2.24, 2.45) is 0 Å². The van der Waals surface area contributed by atoms with Gasteiger partial charge in [0.1, 0.15) is 0 Å². The van der Waals surface area contributed by atoms with Crippen LogP contribution in [0.4, 0.5) is 5.69 Å². The number of aryl methyl sites for hydroxylation is 2. The maximum absolute atomic E-state index is 12.6. The summed E-state index contributed by atoms with van der Waals surface area (Å²) in [6.07, 6.45) is 1.85. The lowest BCUT2D eigenvalue weighted by Gasteiger charge is -2.25. The van der Waals surface area contributed by atoms with Gasteiger partial charge in [0.25, 0.3) is 5.91 Å². The zero-order chi connectivity index (χ0) is 25.6. The van der Waals surface area contributed by atoms with Crippen molar-refractivity contribution < 1.29 is 22.7 Å². The maximum Gasteiger partial charge on any atom is 0.251 e. The van der Waals surface area contributed by atoms with Gasteiger partial charge in [0.05, 0.1) is 32.7 Å². The van der Waals surface area contributed by atoms with Crippen molar-refractivity contribution in [3.05, 3.63) is 88.5 Å². The number of hydrogen-bond acceptors (Lipinski definition) is 5. The zero-order valence-corrected chi connectivity index (χ0v) is 21.6. The van der Waals surface area contributed by atoms with Crippen molar-refractivity contribution in [3.8, 4) is 11.5 Å². The molecule has 0 spiro atoms. The minimum Gasteiger partial charge on any atom is -0.493 e. The van der Waals surface area contributed by atoms with E-state index in [1.807, 2.05) is 50.2 Å². The molecule has 0 radical (unpaired) electrons. The lowest BCUT2D eigenvalue weighted by atomic mass is 10.1. The summed E-state index contributed by atoms with van der Waals surface area (Å²) >= 11 is 0. The Kier molecular flexibility index (Phi) is 8.40. The van der Waals surface area contributed by atoms with Gasteiger partial charge >= 0.3 is 0 Å². The van der Waals surface area contributed by atoms with Crippen LogP contribution in [0.2, 0.25) is 0 Å². The van der Waals surface area contributed by atoms with E-state index in [1.54, 1.807) is 38.5 Å². The molecule has 0 bridgehead atoms. The van der Waals surface area contributed by atoms with Gasteiger partial charge in [0.15, 0.2) is 11.5 Å². The summed E-state index contributed by atoms with van der Waals surface area (Å²) in [4.78, 5) is 12.6. The third-order valence-corrected chi connectivity index (χ3v) is 6.85. The molecule has 0 aliphatic rings. The van der Waals surface area contributed by atoms with Crippen LogP contribution in [-0.2, 0) is 23.0 Å². The summed E-state index contributed by atoms with van der Waals surface area (Å²) in [5, 5.41) is 2.92. The number of hydrogen-bond donors (Lipinski definition) is 1. The average molecular weight is 497 g/mol. The quantitative estimate of drug-likeness (QED) is 0.453. The molecule has 0 saturated carbocycles. The van der Waals surface area contributed by atoms with E-state index in [9.17, 15) is 13.2 Å². The van der Waals surface area contributed by atoms with Crippen molar-refractivity contribution in [2.75, 3.05) is 31.3 Å². The van der Waals surface area contributed by atoms with E-state index in [1.165, 1.54) is 10.6 Å². The molecule has 0 aliphatic carbocycles. The molecule has 0 saturated heterocycles. The summed E-state index contributed by atoms with van der Waals surface area (Å²) < 4.78 is 37.0. The van der Waals surface area contributed by atoms with Crippen LogP contribution >= 0.6 is 0 Å². The van der Waals surface area contributed by atoms with Crippen LogP contribution in [0.1, 0.15) is 32.6 Å². The second-order valence-electron chi connectivity index (χ2n) is 8.45. The molecule has 186 valence electrons. The number of anilines is 1. The highest BCUT2D eigenvalue weighted by molar-refractivity contribution is 7.92. The van der Waals surface area contributed by atoms with Crippen molar-refractivity contribution in [1.29, 1.82) is 0 Å². The Morgan fingerprint density at radius 1 is 0.886 bits per heavy atom. The van der Waals surface area contributed by atoms with E-state index in [0.29, 0.717) is 35.7 Å². The van der Waals surface area contributed by atoms with Gasteiger partial charge < -0.3 is 14.8 Å². The number of benzene rings is 3. The minimum atomic E-state index is -3.49. The predicted octanol–water partition coefficient (Wildman–Crippen LogP) is 4.26. The third kappa shape index (κ3) is 6.76. The van der Waals surface area contributed by atoms with Crippen molar-refractivity contribution in [3.63, 3.8) is 0 Å². The number of carbonyl (C=O) groups is 1. The Morgan fingerprint density at radius 3 is 2.17 bits per heavy atom. The maximum atomic E-state index is 12.6. The van der Waals surface area contributed by atoms with Crippen molar-refractivity contribution in [1.82, 2.24) is 5.32 Å². The second-order valence-corrected chi connectivity index (χ2v) is 10.4. The summed E-state index contributed by atoms with van der Waals surface area (Å²) in [5.74, 6) is 1.12. The molecule has 3 aromatic rings. The lowest BCUT2D eigenvalue weighted by molar-refractivity contribution is 0.0954. The molecule has 0 fully saturated rings. The highest BCUT2D eigenvalue weighted by Gasteiger charge is 2.20. The molecule has 0 aliphatic heterocycles. The van der Waals surface area contributed by atoms with Gasteiger partial charge in [-0.2, -0.15) is 0 Å². The Bertz CT molecular complexity index is 1290. The minimum absolute atomic E-state index is 0.185. The lowest BCUT2D eigenvalue weighted by Crippen LogP contribution is -2.30. The third-order valence-electron chi connectivity index (χ3n) is 5.72. The van der Waals surface area contributed by atoms with Crippen molar-refractivity contribution in [2.45, 2.75) is 26.8 Å². The fourth-order valence-electron chi connectivity index (χ4n) is 3.76. The SMILES string of the molecule is COc1ccc(CCNC(=O)c2ccc(CN(c3cc(C)ccc3C)S(C)(=O)=O)cc2)cc1OC. The number of ether oxygens (including phenoxy) is 2. The van der Waals surface area contributed by atoms with Crippen LogP contribution in [0.15, 0.2) is 60.7 Å². The number of rotatable bonds is 10. The molecule has 8 heteroatoms. The first-order valence-electron chi connectivity index (χ1n) is 11.3. The highest BCUT2D eigenvalue weighted by atomic mass is 32.2. The van der Waals surface area contributed by atoms with Crippen LogP contribution in [-0.4, -0.2) is 41.3 Å². The number of nitrogens with zero attached hydrogens (tertiary/aromatic N) is 1. The Morgan fingerprint density at radius 2 is 1.54 bits per heavy atom. The normalized spacial score (nSPS) is 11.1. The van der Waals surface area contributed by atoms with E-state index in [-0.39, 0.29) is 12.5 Å². The average Bonchev–Trinajstić information content (AvgIpc) is 2.83. The summed E-state index contributed by atoms with van der Waals surface area (Å²) in [5.41, 5.74) is 4.85. The molecular formula is C27H32N2O5S. The standard InChI is InChI=1S/C27H32N2O5S/c1-19-6-7-20(2)24(16-19)29(35(5,31)32)18-22-8-11-23(12-9-22)27(30)28-15-14-21-10-13-25(33-3)26(17-21)34-4/h6-13,16-17H,14-15,18H2,1-5H3,(H,28,30). The number of amides is 1. The molecular weight excluding hydrogens is 464 g/mol. The van der Waals surface area contributed by atoms with E-state index >= 15 is 0 Å². The van der Waals surface area contributed by atoms with E-state index in [2.05, 4.69) is 5.32 Å². The molecule has 0 atom stereocenters. The van der Waals surface area contributed by atoms with Gasteiger partial charge in [-0.3, -0.25) is 9.10 Å². The zero-order valence-electron chi connectivity index (χ0n) is 20.8. The first-order chi connectivity index (χ1) is 16.6. The first kappa shape index (κ1) is 26.1. The molecule has 0 aromatic heterocycles. The Hall–Kier alpha value is -3.52. The van der Waals surface area contributed by atoms with Gasteiger partial charge in [0, 0.05) is 12.1 Å². The van der Waals surface area contributed by atoms with Crippen LogP contribution in [0.3, 0.4) is 0 Å². The summed E-state index contributed by atoms with van der Waals surface area (Å²) in [6, 6.07) is 18.4. The second kappa shape index (κ2) is 11.3. The Labute approximate surface area is 207 Å². The number of nitrogens with one attached hydrogen (secondary N) is 1. The summed E-state index contributed by atoms with van der Waals surface area (Å²) in [6.45, 7) is 4.47. The van der Waals surface area contributed by atoms with E-state index in [4.69, 9.17) is 9.47 Å². The van der Waals surface area contributed by atoms with Crippen LogP contribution in [0.5, 0.6) is 11.5 Å². The molecule has 0 unspecified atom stereocenters. The van der Waals surface area contributed by atoms with Crippen LogP contribution < -0.4 is 19.1 Å². The fraction of sp³-hybridized carbons (Fsp3) is 0.296. The number of sulfonamides is 1. The number of carbonyl (C=O) groups excluding carboxylic acids is 1. The molecule has 1 amide bonds. The molecule has 35 heavy (non-hydrogen) atoms. The summed E-state index contributed by atoms with van der Waals surface area (Å²) in [7, 11) is -0.316. The molecule has 3 rings (SSSR count). The number of methoxy groups -OCH3 is 2. The van der Waals surface area contributed by atoms with E-state index < -0.39 is 10.0 Å². The highest BCUT2D eigenvalue weighted by Crippen LogP contribution is 2.28. The molecule has 7 nitrogen and oxygen atoms in total. The first-order valence-corrected chi connectivity index (χ1v) is 13.1. The monoisotopic (exact) mass is 496 g/mol. The topological polar surface area (TPSA) is 84.9 Å². The van der Waals surface area contributed by atoms with Gasteiger partial charge in [-0.1, -0.05) is 30.3 Å². The fourth-order valence-corrected chi connectivity index (χ4v) is 4.69. The van der Waals surface area contributed by atoms with Crippen LogP contribution in [0.25, 0.3) is 0 Å². The molecule has 3 aromatic carbocycles. The van der Waals surface area contributed by atoms with Gasteiger partial charge in [-0.25, -0.2) is 8.42 Å². The van der Waals surface area contributed by atoms with Crippen molar-refractivity contribution >= 4 is 21.6 Å².